The van der Waals surface area contributed by atoms with Gasteiger partial charge in [0.05, 0.1) is 5.69 Å². The number of halogens is 1. The van der Waals surface area contributed by atoms with Gasteiger partial charge in [-0.1, -0.05) is 47.5 Å². The number of allylic oxidation sites excluding steroid dienone is 2. The van der Waals surface area contributed by atoms with Crippen molar-refractivity contribution in [2.75, 3.05) is 4.90 Å². The fourth-order valence-electron chi connectivity index (χ4n) is 4.18. The third-order valence-electron chi connectivity index (χ3n) is 5.57. The van der Waals surface area contributed by atoms with Gasteiger partial charge in [-0.25, -0.2) is 0 Å². The maximum Gasteiger partial charge on any atom is 0.232 e. The van der Waals surface area contributed by atoms with Crippen LogP contribution in [-0.4, -0.2) is 11.7 Å². The molecule has 27 heavy (non-hydrogen) atoms. The molecule has 1 heterocycles. The molecule has 3 nitrogen and oxygen atoms in total. The summed E-state index contributed by atoms with van der Waals surface area (Å²) in [6, 6.07) is 13.7. The second kappa shape index (κ2) is 6.97. The molecule has 1 aliphatic heterocycles. The number of benzene rings is 2. The van der Waals surface area contributed by atoms with Crippen LogP contribution in [0, 0.1) is 13.8 Å². The van der Waals surface area contributed by atoms with Crippen molar-refractivity contribution < 1.29 is 9.59 Å². The molecule has 0 N–H and O–H groups in total. The molecule has 0 fully saturated rings. The highest BCUT2D eigenvalue weighted by Crippen LogP contribution is 2.44. The van der Waals surface area contributed by atoms with E-state index in [0.29, 0.717) is 17.9 Å². The van der Waals surface area contributed by atoms with Crippen LogP contribution in [0.3, 0.4) is 0 Å². The van der Waals surface area contributed by atoms with Gasteiger partial charge in [-0.2, -0.15) is 0 Å². The molecular weight excluding hydrogens is 358 g/mol. The van der Waals surface area contributed by atoms with Gasteiger partial charge >= 0.3 is 0 Å². The van der Waals surface area contributed by atoms with Crippen LogP contribution in [-0.2, 0) is 9.59 Å². The van der Waals surface area contributed by atoms with Crippen LogP contribution < -0.4 is 4.90 Å². The van der Waals surface area contributed by atoms with Crippen molar-refractivity contribution >= 4 is 29.0 Å². The second-order valence-corrected chi connectivity index (χ2v) is 7.90. The Morgan fingerprint density at radius 1 is 1.00 bits per heavy atom. The van der Waals surface area contributed by atoms with Crippen LogP contribution in [0.2, 0.25) is 5.02 Å². The predicted octanol–water partition coefficient (Wildman–Crippen LogP) is 5.48. The number of Topliss-reactive ketones (excluding diaryl/α,β-unsaturated/α-hetero) is 1. The van der Waals surface area contributed by atoms with E-state index in [9.17, 15) is 9.59 Å². The molecule has 1 amide bonds. The molecular formula is C23H22ClNO2. The molecule has 0 saturated heterocycles. The zero-order valence-corrected chi connectivity index (χ0v) is 16.3. The quantitative estimate of drug-likeness (QED) is 0.692. The number of amides is 1. The normalized spacial score (nSPS) is 20.1. The zero-order valence-electron chi connectivity index (χ0n) is 15.6. The molecule has 1 aliphatic carbocycles. The highest BCUT2D eigenvalue weighted by atomic mass is 35.5. The average Bonchev–Trinajstić information content (AvgIpc) is 2.64. The molecule has 1 atom stereocenters. The lowest BCUT2D eigenvalue weighted by atomic mass is 9.77. The van der Waals surface area contributed by atoms with Gasteiger partial charge in [0.2, 0.25) is 5.91 Å². The highest BCUT2D eigenvalue weighted by molar-refractivity contribution is 6.31. The summed E-state index contributed by atoms with van der Waals surface area (Å²) in [6.07, 6.45) is 2.38. The number of carbonyl (C=O) groups excluding carboxylic acids is 2. The minimum Gasteiger partial charge on any atom is -0.294 e. The lowest BCUT2D eigenvalue weighted by molar-refractivity contribution is -0.119. The van der Waals surface area contributed by atoms with Crippen LogP contribution in [0.25, 0.3) is 0 Å². The first kappa shape index (κ1) is 18.0. The van der Waals surface area contributed by atoms with Crippen molar-refractivity contribution in [3.8, 4) is 0 Å². The van der Waals surface area contributed by atoms with Crippen LogP contribution in [0.5, 0.6) is 0 Å². The minimum absolute atomic E-state index is 0.0272. The summed E-state index contributed by atoms with van der Waals surface area (Å²) in [5.74, 6) is 0.0371. The maximum atomic E-state index is 13.2. The van der Waals surface area contributed by atoms with E-state index in [1.54, 1.807) is 4.90 Å². The smallest absolute Gasteiger partial charge is 0.232 e. The zero-order chi connectivity index (χ0) is 19.1. The summed E-state index contributed by atoms with van der Waals surface area (Å²) >= 11 is 6.21. The predicted molar refractivity (Wildman–Crippen MR) is 108 cm³/mol. The van der Waals surface area contributed by atoms with Gasteiger partial charge < -0.3 is 0 Å². The number of carbonyl (C=O) groups is 2. The summed E-state index contributed by atoms with van der Waals surface area (Å²) in [6.45, 7) is 4.01. The standard InChI is InChI=1S/C23H22ClNO2/c1-14-6-9-16(10-7-14)18-13-22(27)25(19-4-3-5-21(26)23(18)19)20-12-17(24)11-8-15(20)2/h6-12,18H,3-5,13H2,1-2H3. The van der Waals surface area contributed by atoms with E-state index < -0.39 is 0 Å². The monoisotopic (exact) mass is 379 g/mol. The van der Waals surface area contributed by atoms with Gasteiger partial charge in [0.1, 0.15) is 0 Å². The van der Waals surface area contributed by atoms with E-state index in [1.807, 2.05) is 56.3 Å². The Morgan fingerprint density at radius 3 is 2.48 bits per heavy atom. The van der Waals surface area contributed by atoms with E-state index in [2.05, 4.69) is 0 Å². The van der Waals surface area contributed by atoms with Gasteiger partial charge in [0.15, 0.2) is 5.78 Å². The number of anilines is 1. The Balaban J connectivity index is 1.88. The summed E-state index contributed by atoms with van der Waals surface area (Å²) in [5.41, 5.74) is 5.64. The Morgan fingerprint density at radius 2 is 1.74 bits per heavy atom. The highest BCUT2D eigenvalue weighted by Gasteiger charge is 2.40. The first-order valence-electron chi connectivity index (χ1n) is 9.37. The first-order chi connectivity index (χ1) is 13.0. The summed E-state index contributed by atoms with van der Waals surface area (Å²) in [5, 5.41) is 0.591. The summed E-state index contributed by atoms with van der Waals surface area (Å²) < 4.78 is 0. The molecule has 0 bridgehead atoms. The first-order valence-corrected chi connectivity index (χ1v) is 9.75. The van der Waals surface area contributed by atoms with E-state index in [0.717, 1.165) is 40.9 Å². The van der Waals surface area contributed by atoms with Gasteiger partial charge in [-0.15, -0.1) is 0 Å². The van der Waals surface area contributed by atoms with Gasteiger partial charge in [0.25, 0.3) is 0 Å². The lowest BCUT2D eigenvalue weighted by Gasteiger charge is -2.39. The van der Waals surface area contributed by atoms with Crippen molar-refractivity contribution in [2.45, 2.75) is 45.4 Å². The van der Waals surface area contributed by atoms with Crippen molar-refractivity contribution in [1.82, 2.24) is 0 Å². The van der Waals surface area contributed by atoms with E-state index >= 15 is 0 Å². The number of ketones is 1. The van der Waals surface area contributed by atoms with Crippen molar-refractivity contribution in [2.24, 2.45) is 0 Å². The Bertz CT molecular complexity index is 959. The van der Waals surface area contributed by atoms with Gasteiger partial charge in [-0.3, -0.25) is 14.5 Å². The fourth-order valence-corrected chi connectivity index (χ4v) is 4.35. The molecule has 2 aliphatic rings. The average molecular weight is 380 g/mol. The van der Waals surface area contributed by atoms with Crippen LogP contribution >= 0.6 is 11.6 Å². The van der Waals surface area contributed by atoms with E-state index in [-0.39, 0.29) is 17.6 Å². The topological polar surface area (TPSA) is 37.4 Å². The number of nitrogens with zero attached hydrogens (tertiary/aromatic N) is 1. The van der Waals surface area contributed by atoms with Gasteiger partial charge in [-0.05, 0) is 49.9 Å². The molecule has 4 heteroatoms. The maximum absolute atomic E-state index is 13.2. The van der Waals surface area contributed by atoms with Crippen molar-refractivity contribution in [1.29, 1.82) is 0 Å². The number of hydrogen-bond acceptors (Lipinski definition) is 2. The lowest BCUT2D eigenvalue weighted by Crippen LogP contribution is -2.40. The molecule has 0 radical (unpaired) electrons. The third kappa shape index (κ3) is 3.21. The van der Waals surface area contributed by atoms with Crippen LogP contribution in [0.15, 0.2) is 53.7 Å². The Kier molecular flexibility index (Phi) is 4.65. The van der Waals surface area contributed by atoms with Crippen molar-refractivity contribution in [3.05, 3.63) is 75.4 Å². The molecule has 2 aromatic rings. The molecule has 0 aromatic heterocycles. The third-order valence-corrected chi connectivity index (χ3v) is 5.80. The van der Waals surface area contributed by atoms with Crippen molar-refractivity contribution in [3.63, 3.8) is 0 Å². The fraction of sp³-hybridized carbons (Fsp3) is 0.304. The van der Waals surface area contributed by atoms with E-state index in [1.165, 1.54) is 5.56 Å². The second-order valence-electron chi connectivity index (χ2n) is 7.46. The molecule has 4 rings (SSSR count). The Hall–Kier alpha value is -2.39. The van der Waals surface area contributed by atoms with Crippen LogP contribution in [0.4, 0.5) is 5.69 Å². The summed E-state index contributed by atoms with van der Waals surface area (Å²) in [7, 11) is 0. The minimum atomic E-state index is -0.156. The number of rotatable bonds is 2. The largest absolute Gasteiger partial charge is 0.294 e. The SMILES string of the molecule is Cc1ccc(C2CC(=O)N(c3cc(Cl)ccc3C)C3=C2C(=O)CCC3)cc1. The Labute approximate surface area is 164 Å². The molecule has 0 spiro atoms. The molecule has 2 aromatic carbocycles. The molecule has 0 saturated carbocycles. The number of aryl methyl sites for hydroxylation is 2. The molecule has 1 unspecified atom stereocenters. The van der Waals surface area contributed by atoms with Gasteiger partial charge in [0, 0.05) is 35.1 Å². The van der Waals surface area contributed by atoms with Crippen LogP contribution in [0.1, 0.15) is 48.3 Å². The number of hydrogen-bond donors (Lipinski definition) is 0. The molecule has 138 valence electrons. The van der Waals surface area contributed by atoms with E-state index in [4.69, 9.17) is 11.6 Å². The summed E-state index contributed by atoms with van der Waals surface area (Å²) in [4.78, 5) is 27.8.